The Labute approximate surface area is 246 Å². The summed E-state index contributed by atoms with van der Waals surface area (Å²) in [5.41, 5.74) is 17.8. The van der Waals surface area contributed by atoms with E-state index in [2.05, 4.69) is 20.8 Å². The van der Waals surface area contributed by atoms with Crippen LogP contribution >= 0.6 is 0 Å². The van der Waals surface area contributed by atoms with Crippen LogP contribution in [0.4, 0.5) is 0 Å². The maximum Gasteiger partial charge on any atom is 0.0611 e. The van der Waals surface area contributed by atoms with E-state index in [1.54, 1.807) is 0 Å². The molecule has 3 rings (SSSR count). The summed E-state index contributed by atoms with van der Waals surface area (Å²) in [4.78, 5) is 0. The summed E-state index contributed by atoms with van der Waals surface area (Å²) in [5.74, 6) is 3.55. The van der Waals surface area contributed by atoms with Gasteiger partial charge < -0.3 is 36.5 Å². The molecule has 0 heterocycles. The van der Waals surface area contributed by atoms with Crippen LogP contribution in [0.3, 0.4) is 0 Å². The molecule has 7 nitrogen and oxygen atoms in total. The van der Waals surface area contributed by atoms with Crippen LogP contribution in [-0.2, 0) is 14.2 Å². The van der Waals surface area contributed by atoms with Crippen LogP contribution in [0.1, 0.15) is 104 Å². The first-order chi connectivity index (χ1) is 19.4. The van der Waals surface area contributed by atoms with Crippen LogP contribution in [0.5, 0.6) is 0 Å². The lowest BCUT2D eigenvalue weighted by Crippen LogP contribution is -2.55. The van der Waals surface area contributed by atoms with E-state index in [1.807, 2.05) is 0 Å². The highest BCUT2D eigenvalue weighted by atomic mass is 16.5. The van der Waals surface area contributed by atoms with Gasteiger partial charge in [0.15, 0.2) is 0 Å². The first-order valence-corrected chi connectivity index (χ1v) is 16.9. The fourth-order valence-corrected chi connectivity index (χ4v) is 8.68. The lowest BCUT2D eigenvalue weighted by molar-refractivity contribution is -0.168. The molecule has 0 radical (unpaired) electrons. The molecule has 3 fully saturated rings. The molecule has 0 aromatic rings. The second-order valence-electron chi connectivity index (χ2n) is 13.8. The van der Waals surface area contributed by atoms with E-state index in [1.165, 1.54) is 19.3 Å². The van der Waals surface area contributed by atoms with Crippen molar-refractivity contribution < 1.29 is 19.3 Å². The molecular weight excluding hydrogens is 502 g/mol. The average Bonchev–Trinajstić information content (AvgIpc) is 3.01. The van der Waals surface area contributed by atoms with Crippen molar-refractivity contribution in [3.63, 3.8) is 0 Å². The van der Waals surface area contributed by atoms with Crippen molar-refractivity contribution >= 4 is 0 Å². The highest BCUT2D eigenvalue weighted by molar-refractivity contribution is 5.05. The number of ether oxygens (including phenoxy) is 3. The van der Waals surface area contributed by atoms with Gasteiger partial charge in [0.25, 0.3) is 0 Å². The number of nitrogens with two attached hydrogens (primary N) is 3. The second-order valence-corrected chi connectivity index (χ2v) is 13.8. The largest absolute Gasteiger partial charge is 0.396 e. The zero-order chi connectivity index (χ0) is 29.0. The SMILES string of the molecule is CC(CCCO)C1CCC(C)C2C(OCCCN)CC3CC(OCCCN)CCC3(C)C2CC(OCCCN)C1. The Morgan fingerprint density at radius 3 is 2.10 bits per heavy atom. The van der Waals surface area contributed by atoms with E-state index in [0.29, 0.717) is 61.2 Å². The van der Waals surface area contributed by atoms with E-state index in [0.717, 1.165) is 84.0 Å². The van der Waals surface area contributed by atoms with Gasteiger partial charge in [0.1, 0.15) is 0 Å². The molecular formula is C33H65N3O4. The van der Waals surface area contributed by atoms with Crippen molar-refractivity contribution in [2.45, 2.75) is 123 Å². The summed E-state index contributed by atoms with van der Waals surface area (Å²) in [7, 11) is 0. The summed E-state index contributed by atoms with van der Waals surface area (Å²) in [6.45, 7) is 12.1. The van der Waals surface area contributed by atoms with Crippen LogP contribution in [0.25, 0.3) is 0 Å². The maximum absolute atomic E-state index is 9.50. The van der Waals surface area contributed by atoms with Crippen molar-refractivity contribution in [1.29, 1.82) is 0 Å². The molecule has 0 spiro atoms. The monoisotopic (exact) mass is 567 g/mol. The van der Waals surface area contributed by atoms with Gasteiger partial charge in [0.05, 0.1) is 18.3 Å². The van der Waals surface area contributed by atoms with Crippen molar-refractivity contribution in [2.24, 2.45) is 58.1 Å². The van der Waals surface area contributed by atoms with Crippen LogP contribution in [0, 0.1) is 40.9 Å². The quantitative estimate of drug-likeness (QED) is 0.196. The summed E-state index contributed by atoms with van der Waals surface area (Å²) >= 11 is 0. The summed E-state index contributed by atoms with van der Waals surface area (Å²) < 4.78 is 19.8. The van der Waals surface area contributed by atoms with Crippen LogP contribution in [-0.4, -0.2) is 69.5 Å². The summed E-state index contributed by atoms with van der Waals surface area (Å²) in [6.07, 6.45) is 15.0. The van der Waals surface area contributed by atoms with Gasteiger partial charge >= 0.3 is 0 Å². The Kier molecular flexibility index (Phi) is 15.2. The van der Waals surface area contributed by atoms with Gasteiger partial charge in [0.2, 0.25) is 0 Å². The van der Waals surface area contributed by atoms with Gasteiger partial charge in [-0.05, 0) is 138 Å². The fraction of sp³-hybridized carbons (Fsp3) is 1.00. The average molecular weight is 568 g/mol. The molecule has 0 amide bonds. The molecule has 0 saturated heterocycles. The standard InChI is InChI=1S/C33H65N3O4/c1-24(8-4-16-37)26-10-9-25(2)32-30(23-29(20-26)39-18-6-14-35)33(3)12-11-28(38-17-5-13-34)21-27(33)22-31(32)40-19-7-15-36/h24-32,37H,4-23,34-36H2,1-3H3. The van der Waals surface area contributed by atoms with Gasteiger partial charge in [-0.25, -0.2) is 0 Å². The van der Waals surface area contributed by atoms with E-state index < -0.39 is 0 Å². The lowest BCUT2D eigenvalue weighted by atomic mass is 9.49. The molecule has 0 aromatic heterocycles. The third-order valence-electron chi connectivity index (χ3n) is 11.2. The first-order valence-electron chi connectivity index (χ1n) is 16.9. The van der Waals surface area contributed by atoms with Crippen molar-refractivity contribution in [1.82, 2.24) is 0 Å². The van der Waals surface area contributed by atoms with Crippen molar-refractivity contribution in [3.05, 3.63) is 0 Å². The van der Waals surface area contributed by atoms with E-state index in [9.17, 15) is 5.11 Å². The van der Waals surface area contributed by atoms with Gasteiger partial charge in [-0.15, -0.1) is 0 Å². The number of hydrogen-bond acceptors (Lipinski definition) is 7. The Bertz CT molecular complexity index is 684. The second kappa shape index (κ2) is 17.7. The zero-order valence-electron chi connectivity index (χ0n) is 26.2. The topological polar surface area (TPSA) is 126 Å². The molecule has 0 aromatic carbocycles. The predicted molar refractivity (Wildman–Crippen MR) is 164 cm³/mol. The molecule has 10 unspecified atom stereocenters. The first kappa shape index (κ1) is 34.2. The Morgan fingerprint density at radius 2 is 1.45 bits per heavy atom. The summed E-state index contributed by atoms with van der Waals surface area (Å²) in [6, 6.07) is 0. The van der Waals surface area contributed by atoms with Crippen molar-refractivity contribution in [3.8, 4) is 0 Å². The fourth-order valence-electron chi connectivity index (χ4n) is 8.68. The minimum atomic E-state index is 0.254. The van der Waals surface area contributed by atoms with Gasteiger partial charge in [-0.1, -0.05) is 27.2 Å². The summed E-state index contributed by atoms with van der Waals surface area (Å²) in [5, 5.41) is 9.50. The van der Waals surface area contributed by atoms with Crippen LogP contribution < -0.4 is 17.2 Å². The lowest BCUT2D eigenvalue weighted by Gasteiger charge is -2.59. The molecule has 3 aliphatic carbocycles. The Morgan fingerprint density at radius 1 is 0.800 bits per heavy atom. The highest BCUT2D eigenvalue weighted by Crippen LogP contribution is 2.60. The Hall–Kier alpha value is -0.280. The minimum absolute atomic E-state index is 0.254. The van der Waals surface area contributed by atoms with E-state index in [4.69, 9.17) is 31.4 Å². The highest BCUT2D eigenvalue weighted by Gasteiger charge is 2.56. The molecule has 0 bridgehead atoms. The van der Waals surface area contributed by atoms with E-state index in [-0.39, 0.29) is 24.2 Å². The normalized spacial score (nSPS) is 37.6. The van der Waals surface area contributed by atoms with Gasteiger partial charge in [-0.3, -0.25) is 0 Å². The van der Waals surface area contributed by atoms with Crippen LogP contribution in [0.15, 0.2) is 0 Å². The number of aliphatic hydroxyl groups excluding tert-OH is 1. The molecule has 10 atom stereocenters. The molecule has 7 heteroatoms. The molecule has 0 aliphatic heterocycles. The van der Waals surface area contributed by atoms with E-state index >= 15 is 0 Å². The number of aliphatic hydroxyl groups is 1. The molecule has 3 saturated carbocycles. The third kappa shape index (κ3) is 9.36. The smallest absolute Gasteiger partial charge is 0.0611 e. The van der Waals surface area contributed by atoms with Gasteiger partial charge in [-0.2, -0.15) is 0 Å². The number of rotatable bonds is 16. The zero-order valence-corrected chi connectivity index (χ0v) is 26.2. The molecule has 7 N–H and O–H groups in total. The minimum Gasteiger partial charge on any atom is -0.396 e. The van der Waals surface area contributed by atoms with Crippen LogP contribution in [0.2, 0.25) is 0 Å². The number of hydrogen-bond donors (Lipinski definition) is 4. The molecule has 40 heavy (non-hydrogen) atoms. The maximum atomic E-state index is 9.50. The Balaban J connectivity index is 1.89. The molecule has 3 aliphatic rings. The van der Waals surface area contributed by atoms with Crippen molar-refractivity contribution in [2.75, 3.05) is 46.1 Å². The predicted octanol–water partition coefficient (Wildman–Crippen LogP) is 4.87. The van der Waals surface area contributed by atoms with Gasteiger partial charge in [0, 0.05) is 26.4 Å². The number of fused-ring (bicyclic) bond motifs is 3. The molecule has 236 valence electrons. The third-order valence-corrected chi connectivity index (χ3v) is 11.2.